The molecule has 0 saturated carbocycles. The van der Waals surface area contributed by atoms with Crippen molar-refractivity contribution in [1.29, 1.82) is 0 Å². The summed E-state index contributed by atoms with van der Waals surface area (Å²) >= 11 is 0. The van der Waals surface area contributed by atoms with Crippen LogP contribution in [-0.2, 0) is 27.4 Å². The van der Waals surface area contributed by atoms with Gasteiger partial charge in [-0.25, -0.2) is 9.36 Å². The number of nitrogens with zero attached hydrogens (tertiary/aromatic N) is 1. The molecule has 1 rings (SSSR count). The minimum atomic E-state index is -0.502. The second-order valence-corrected chi connectivity index (χ2v) is 9.79. The van der Waals surface area contributed by atoms with Crippen LogP contribution in [-0.4, -0.2) is 25.3 Å². The zero-order chi connectivity index (χ0) is 25.6. The van der Waals surface area contributed by atoms with Crippen molar-refractivity contribution in [2.45, 2.75) is 124 Å². The van der Waals surface area contributed by atoms with Gasteiger partial charge in [0.15, 0.2) is 6.20 Å². The Morgan fingerprint density at radius 1 is 0.806 bits per heavy atom. The second-order valence-electron chi connectivity index (χ2n) is 9.79. The first kappa shape index (κ1) is 34.4. The third-order valence-electron chi connectivity index (χ3n) is 6.23. The first-order valence-corrected chi connectivity index (χ1v) is 14.1. The van der Waals surface area contributed by atoms with Crippen molar-refractivity contribution in [2.24, 2.45) is 5.92 Å². The van der Waals surface area contributed by atoms with Gasteiger partial charge in [0, 0.05) is 18.6 Å². The molecule has 0 atom stereocenters. The van der Waals surface area contributed by atoms with Crippen LogP contribution in [0.4, 0.5) is 4.79 Å². The molecule has 7 heteroatoms. The van der Waals surface area contributed by atoms with Crippen LogP contribution in [0.1, 0.15) is 116 Å². The van der Waals surface area contributed by atoms with Crippen molar-refractivity contribution in [3.05, 3.63) is 30.1 Å². The van der Waals surface area contributed by atoms with E-state index >= 15 is 0 Å². The molecule has 0 fully saturated rings. The lowest BCUT2D eigenvalue weighted by Gasteiger charge is -2.09. The van der Waals surface area contributed by atoms with E-state index in [1.807, 2.05) is 18.2 Å². The fourth-order valence-electron chi connectivity index (χ4n) is 4.02. The highest BCUT2D eigenvalue weighted by Gasteiger charge is 2.12. The van der Waals surface area contributed by atoms with E-state index in [9.17, 15) is 9.59 Å². The van der Waals surface area contributed by atoms with Crippen molar-refractivity contribution in [3.8, 4) is 0 Å². The molecule has 208 valence electrons. The summed E-state index contributed by atoms with van der Waals surface area (Å²) in [5, 5.41) is 2.78. The molecule has 0 aliphatic heterocycles. The number of hydrogen-bond acceptors (Lipinski definition) is 4. The van der Waals surface area contributed by atoms with Gasteiger partial charge < -0.3 is 31.8 Å². The van der Waals surface area contributed by atoms with E-state index in [4.69, 9.17) is 9.47 Å². The van der Waals surface area contributed by atoms with Crippen LogP contribution < -0.4 is 26.9 Å². The molecule has 1 heterocycles. The van der Waals surface area contributed by atoms with Crippen LogP contribution in [0.25, 0.3) is 0 Å². The van der Waals surface area contributed by atoms with E-state index in [0.29, 0.717) is 6.54 Å². The minimum absolute atomic E-state index is 0. The number of carbonyl (C=O) groups is 2. The molecule has 0 spiro atoms. The SMILES string of the molecule is CCCCCCCCCCCCCCCC[n+]1ccccc1CNC(=O)OCCOC(=O)C(C)C.[Br-]. The first-order valence-electron chi connectivity index (χ1n) is 14.1. The maximum Gasteiger partial charge on any atom is 0.407 e. The summed E-state index contributed by atoms with van der Waals surface area (Å²) in [6.45, 7) is 7.30. The second kappa shape index (κ2) is 23.7. The smallest absolute Gasteiger partial charge is 0.407 e. The standard InChI is InChI=1S/C29H50N2O4.BrH/c1-4-5-6-7-8-9-10-11-12-13-14-15-16-18-21-31-22-19-17-20-27(31)25-30-29(33)35-24-23-34-28(32)26(2)3;/h17,19-20,22,26H,4-16,18,21,23-25H2,1-3H3;1H. The van der Waals surface area contributed by atoms with Gasteiger partial charge in [-0.05, 0) is 6.42 Å². The Balaban J connectivity index is 0.0000122. The third kappa shape index (κ3) is 18.6. The van der Waals surface area contributed by atoms with Gasteiger partial charge in [0.1, 0.15) is 26.3 Å². The Morgan fingerprint density at radius 3 is 1.89 bits per heavy atom. The van der Waals surface area contributed by atoms with Crippen LogP contribution in [0.15, 0.2) is 24.4 Å². The molecule has 0 unspecified atom stereocenters. The Hall–Kier alpha value is -1.63. The first-order chi connectivity index (χ1) is 17.0. The molecule has 1 aromatic rings. The van der Waals surface area contributed by atoms with Gasteiger partial charge in [-0.15, -0.1) is 0 Å². The summed E-state index contributed by atoms with van der Waals surface area (Å²) < 4.78 is 12.3. The molecular weight excluding hydrogens is 520 g/mol. The lowest BCUT2D eigenvalue weighted by molar-refractivity contribution is -0.704. The number of esters is 1. The van der Waals surface area contributed by atoms with Crippen molar-refractivity contribution in [1.82, 2.24) is 5.32 Å². The molecule has 1 amide bonds. The minimum Gasteiger partial charge on any atom is -1.00 e. The monoisotopic (exact) mass is 570 g/mol. The maximum absolute atomic E-state index is 11.9. The van der Waals surface area contributed by atoms with Crippen LogP contribution in [0, 0.1) is 5.92 Å². The molecule has 0 radical (unpaired) electrons. The average molecular weight is 572 g/mol. The van der Waals surface area contributed by atoms with Gasteiger partial charge in [-0.1, -0.05) is 104 Å². The number of ether oxygens (including phenoxy) is 2. The van der Waals surface area contributed by atoms with E-state index in [1.54, 1.807) is 13.8 Å². The number of carbonyl (C=O) groups excluding carboxylic acids is 2. The number of pyridine rings is 1. The molecular formula is C29H51BrN2O4. The van der Waals surface area contributed by atoms with Gasteiger partial charge >= 0.3 is 12.1 Å². The number of unbranched alkanes of at least 4 members (excludes halogenated alkanes) is 13. The number of halogens is 1. The summed E-state index contributed by atoms with van der Waals surface area (Å²) in [6.07, 6.45) is 20.5. The van der Waals surface area contributed by atoms with Crippen LogP contribution in [0.3, 0.4) is 0 Å². The number of nitrogens with one attached hydrogen (secondary N) is 1. The zero-order valence-corrected chi connectivity index (χ0v) is 24.7. The van der Waals surface area contributed by atoms with Crippen LogP contribution >= 0.6 is 0 Å². The fourth-order valence-corrected chi connectivity index (χ4v) is 4.02. The number of hydrogen-bond donors (Lipinski definition) is 1. The third-order valence-corrected chi connectivity index (χ3v) is 6.23. The van der Waals surface area contributed by atoms with Crippen molar-refractivity contribution < 1.29 is 40.6 Å². The number of amides is 1. The van der Waals surface area contributed by atoms with Gasteiger partial charge in [-0.2, -0.15) is 0 Å². The normalized spacial score (nSPS) is 10.7. The Morgan fingerprint density at radius 2 is 1.33 bits per heavy atom. The van der Waals surface area contributed by atoms with E-state index in [0.717, 1.165) is 18.7 Å². The summed E-state index contributed by atoms with van der Waals surface area (Å²) in [4.78, 5) is 23.3. The summed E-state index contributed by atoms with van der Waals surface area (Å²) in [5.41, 5.74) is 1.05. The molecule has 0 aliphatic rings. The van der Waals surface area contributed by atoms with Crippen LogP contribution in [0.5, 0.6) is 0 Å². The van der Waals surface area contributed by atoms with Crippen LogP contribution in [0.2, 0.25) is 0 Å². The average Bonchev–Trinajstić information content (AvgIpc) is 2.85. The topological polar surface area (TPSA) is 68.5 Å². The Labute approximate surface area is 230 Å². The Kier molecular flexibility index (Phi) is 22.7. The Bertz CT molecular complexity index is 685. The van der Waals surface area contributed by atoms with Gasteiger partial charge in [-0.3, -0.25) is 4.79 Å². The fraction of sp³-hybridized carbons (Fsp3) is 0.759. The number of alkyl carbamates (subject to hydrolysis) is 1. The van der Waals surface area contributed by atoms with Gasteiger partial charge in [0.05, 0.1) is 5.92 Å². The van der Waals surface area contributed by atoms with E-state index < -0.39 is 6.09 Å². The molecule has 0 aromatic carbocycles. The highest BCUT2D eigenvalue weighted by Crippen LogP contribution is 2.13. The molecule has 1 aromatic heterocycles. The lowest BCUT2D eigenvalue weighted by atomic mass is 10.0. The predicted octanol–water partition coefficient (Wildman–Crippen LogP) is 3.88. The number of rotatable bonds is 21. The highest BCUT2D eigenvalue weighted by molar-refractivity contribution is 5.71. The maximum atomic E-state index is 11.9. The quantitative estimate of drug-likeness (QED) is 0.138. The zero-order valence-electron chi connectivity index (χ0n) is 23.1. The van der Waals surface area contributed by atoms with E-state index in [-0.39, 0.29) is 42.1 Å². The molecule has 1 N–H and O–H groups in total. The summed E-state index contributed by atoms with van der Waals surface area (Å²) in [6, 6.07) is 6.03. The lowest BCUT2D eigenvalue weighted by Crippen LogP contribution is -3.00. The number of aryl methyl sites for hydroxylation is 1. The predicted molar refractivity (Wildman–Crippen MR) is 141 cm³/mol. The van der Waals surface area contributed by atoms with Crippen molar-refractivity contribution in [2.75, 3.05) is 13.2 Å². The molecule has 0 bridgehead atoms. The van der Waals surface area contributed by atoms with Crippen molar-refractivity contribution in [3.63, 3.8) is 0 Å². The van der Waals surface area contributed by atoms with Crippen molar-refractivity contribution >= 4 is 12.1 Å². The van der Waals surface area contributed by atoms with Gasteiger partial charge in [0.25, 0.3) is 0 Å². The van der Waals surface area contributed by atoms with Gasteiger partial charge in [0.2, 0.25) is 5.69 Å². The molecule has 0 saturated heterocycles. The largest absolute Gasteiger partial charge is 1.00 e. The molecule has 0 aliphatic carbocycles. The molecule has 6 nitrogen and oxygen atoms in total. The highest BCUT2D eigenvalue weighted by atomic mass is 79.9. The molecule has 36 heavy (non-hydrogen) atoms. The summed E-state index contributed by atoms with van der Waals surface area (Å²) in [7, 11) is 0. The number of aromatic nitrogens is 1. The van der Waals surface area contributed by atoms with E-state index in [2.05, 4.69) is 23.0 Å². The summed E-state index contributed by atoms with van der Waals surface area (Å²) in [5.74, 6) is -0.472. The van der Waals surface area contributed by atoms with E-state index in [1.165, 1.54) is 83.5 Å².